The fraction of sp³-hybridized carbons (Fsp3) is 0.357. The average Bonchev–Trinajstić information content (AvgIpc) is 2.75. The van der Waals surface area contributed by atoms with E-state index in [4.69, 9.17) is 4.74 Å². The largest absolute Gasteiger partial charge is 0.496 e. The summed E-state index contributed by atoms with van der Waals surface area (Å²) >= 11 is 1.68. The van der Waals surface area contributed by atoms with Crippen LogP contribution >= 0.6 is 11.3 Å². The van der Waals surface area contributed by atoms with Gasteiger partial charge in [-0.3, -0.25) is 0 Å². The summed E-state index contributed by atoms with van der Waals surface area (Å²) in [6.07, 6.45) is 0. The molecule has 0 saturated heterocycles. The molecule has 0 aliphatic carbocycles. The van der Waals surface area contributed by atoms with Crippen LogP contribution in [0.2, 0.25) is 0 Å². The number of nitrogens with zero attached hydrogens (tertiary/aromatic N) is 1. The molecule has 0 spiro atoms. The molecule has 0 aliphatic rings. The standard InChI is InChI=1S/C14H17NOS/c1-9(2)12-7-11(5-6-14(12)16-4)13-8-17-10(3)15-13/h5-9H,1-4H3. The SMILES string of the molecule is COc1ccc(-c2csc(C)n2)cc1C(C)C. The lowest BCUT2D eigenvalue weighted by molar-refractivity contribution is 0.407. The minimum Gasteiger partial charge on any atom is -0.496 e. The summed E-state index contributed by atoms with van der Waals surface area (Å²) in [4.78, 5) is 4.51. The summed E-state index contributed by atoms with van der Waals surface area (Å²) in [5, 5.41) is 3.20. The van der Waals surface area contributed by atoms with Gasteiger partial charge in [0, 0.05) is 10.9 Å². The molecule has 0 radical (unpaired) electrons. The van der Waals surface area contributed by atoms with Crippen LogP contribution < -0.4 is 4.74 Å². The van der Waals surface area contributed by atoms with E-state index in [1.54, 1.807) is 18.4 Å². The van der Waals surface area contributed by atoms with Crippen molar-refractivity contribution in [3.05, 3.63) is 34.2 Å². The molecule has 2 nitrogen and oxygen atoms in total. The van der Waals surface area contributed by atoms with Crippen LogP contribution in [0, 0.1) is 6.92 Å². The molecule has 0 amide bonds. The highest BCUT2D eigenvalue weighted by Crippen LogP contribution is 2.31. The van der Waals surface area contributed by atoms with Crippen LogP contribution in [0.15, 0.2) is 23.6 Å². The number of rotatable bonds is 3. The average molecular weight is 247 g/mol. The fourth-order valence-electron chi connectivity index (χ4n) is 1.84. The van der Waals surface area contributed by atoms with Gasteiger partial charge in [0.1, 0.15) is 5.75 Å². The van der Waals surface area contributed by atoms with E-state index >= 15 is 0 Å². The first-order valence-electron chi connectivity index (χ1n) is 5.72. The van der Waals surface area contributed by atoms with Crippen molar-refractivity contribution >= 4 is 11.3 Å². The van der Waals surface area contributed by atoms with Crippen molar-refractivity contribution in [1.82, 2.24) is 4.98 Å². The maximum atomic E-state index is 5.38. The van der Waals surface area contributed by atoms with E-state index in [0.29, 0.717) is 5.92 Å². The summed E-state index contributed by atoms with van der Waals surface area (Å²) in [5.41, 5.74) is 3.45. The first-order chi connectivity index (χ1) is 8.11. The van der Waals surface area contributed by atoms with Gasteiger partial charge in [0.05, 0.1) is 17.8 Å². The van der Waals surface area contributed by atoms with E-state index in [1.165, 1.54) is 11.1 Å². The van der Waals surface area contributed by atoms with Gasteiger partial charge in [-0.15, -0.1) is 11.3 Å². The van der Waals surface area contributed by atoms with Crippen LogP contribution in [0.1, 0.15) is 30.3 Å². The minimum atomic E-state index is 0.449. The van der Waals surface area contributed by atoms with Crippen LogP contribution in [0.3, 0.4) is 0 Å². The summed E-state index contributed by atoms with van der Waals surface area (Å²) in [6, 6.07) is 6.27. The van der Waals surface area contributed by atoms with Crippen molar-refractivity contribution in [3.63, 3.8) is 0 Å². The van der Waals surface area contributed by atoms with Gasteiger partial charge in [0.15, 0.2) is 0 Å². The molecule has 0 unspecified atom stereocenters. The zero-order valence-electron chi connectivity index (χ0n) is 10.7. The Hall–Kier alpha value is -1.35. The van der Waals surface area contributed by atoms with Gasteiger partial charge in [0.2, 0.25) is 0 Å². The second-order valence-corrected chi connectivity index (χ2v) is 5.43. The van der Waals surface area contributed by atoms with Gasteiger partial charge in [-0.05, 0) is 36.6 Å². The second kappa shape index (κ2) is 4.88. The van der Waals surface area contributed by atoms with Crippen LogP contribution in [-0.2, 0) is 0 Å². The van der Waals surface area contributed by atoms with Crippen LogP contribution in [0.4, 0.5) is 0 Å². The van der Waals surface area contributed by atoms with Gasteiger partial charge < -0.3 is 4.74 Å². The predicted octanol–water partition coefficient (Wildman–Crippen LogP) is 4.25. The number of aryl methyl sites for hydroxylation is 1. The molecular weight excluding hydrogens is 230 g/mol. The quantitative estimate of drug-likeness (QED) is 0.809. The molecule has 0 saturated carbocycles. The highest BCUT2D eigenvalue weighted by atomic mass is 32.1. The molecule has 1 aromatic heterocycles. The first-order valence-corrected chi connectivity index (χ1v) is 6.60. The molecule has 0 N–H and O–H groups in total. The predicted molar refractivity (Wildman–Crippen MR) is 72.9 cm³/mol. The maximum Gasteiger partial charge on any atom is 0.122 e. The molecule has 0 aliphatic heterocycles. The van der Waals surface area contributed by atoms with Gasteiger partial charge in [-0.1, -0.05) is 13.8 Å². The molecule has 1 aromatic carbocycles. The normalized spacial score (nSPS) is 10.9. The van der Waals surface area contributed by atoms with Gasteiger partial charge in [-0.2, -0.15) is 0 Å². The maximum absolute atomic E-state index is 5.38. The number of hydrogen-bond acceptors (Lipinski definition) is 3. The smallest absolute Gasteiger partial charge is 0.122 e. The van der Waals surface area contributed by atoms with E-state index in [1.807, 2.05) is 13.0 Å². The molecule has 2 aromatic rings. The number of benzene rings is 1. The van der Waals surface area contributed by atoms with E-state index in [0.717, 1.165) is 16.5 Å². The Kier molecular flexibility index (Phi) is 3.48. The molecule has 1 heterocycles. The van der Waals surface area contributed by atoms with Crippen LogP contribution in [0.25, 0.3) is 11.3 Å². The van der Waals surface area contributed by atoms with Crippen molar-refractivity contribution in [2.24, 2.45) is 0 Å². The number of hydrogen-bond donors (Lipinski definition) is 0. The molecule has 0 bridgehead atoms. The molecule has 0 fully saturated rings. The Balaban J connectivity index is 2.47. The van der Waals surface area contributed by atoms with E-state index in [9.17, 15) is 0 Å². The monoisotopic (exact) mass is 247 g/mol. The summed E-state index contributed by atoms with van der Waals surface area (Å²) in [5.74, 6) is 1.40. The fourth-order valence-corrected chi connectivity index (χ4v) is 2.46. The first kappa shape index (κ1) is 12.1. The molecule has 3 heteroatoms. The highest BCUT2D eigenvalue weighted by Gasteiger charge is 2.10. The Morgan fingerprint density at radius 1 is 1.29 bits per heavy atom. The zero-order chi connectivity index (χ0) is 12.4. The highest BCUT2D eigenvalue weighted by molar-refractivity contribution is 7.09. The Bertz CT molecular complexity index is 517. The van der Waals surface area contributed by atoms with Gasteiger partial charge in [0.25, 0.3) is 0 Å². The van der Waals surface area contributed by atoms with Crippen molar-refractivity contribution in [2.75, 3.05) is 7.11 Å². The van der Waals surface area contributed by atoms with Crippen molar-refractivity contribution < 1.29 is 4.74 Å². The lowest BCUT2D eigenvalue weighted by Crippen LogP contribution is -1.94. The van der Waals surface area contributed by atoms with E-state index < -0.39 is 0 Å². The van der Waals surface area contributed by atoms with Crippen LogP contribution in [-0.4, -0.2) is 12.1 Å². The van der Waals surface area contributed by atoms with E-state index in [2.05, 4.69) is 36.3 Å². The molecular formula is C14H17NOS. The lowest BCUT2D eigenvalue weighted by Gasteiger charge is -2.12. The summed E-state index contributed by atoms with van der Waals surface area (Å²) < 4.78 is 5.38. The molecule has 2 rings (SSSR count). The van der Waals surface area contributed by atoms with E-state index in [-0.39, 0.29) is 0 Å². The van der Waals surface area contributed by atoms with Crippen molar-refractivity contribution in [2.45, 2.75) is 26.7 Å². The topological polar surface area (TPSA) is 22.1 Å². The Morgan fingerprint density at radius 3 is 2.59 bits per heavy atom. The zero-order valence-corrected chi connectivity index (χ0v) is 11.5. The number of ether oxygens (including phenoxy) is 1. The third-order valence-electron chi connectivity index (χ3n) is 2.77. The van der Waals surface area contributed by atoms with Gasteiger partial charge in [-0.25, -0.2) is 4.98 Å². The van der Waals surface area contributed by atoms with Crippen molar-refractivity contribution in [1.29, 1.82) is 0 Å². The minimum absolute atomic E-state index is 0.449. The second-order valence-electron chi connectivity index (χ2n) is 4.36. The number of thiazole rings is 1. The van der Waals surface area contributed by atoms with Gasteiger partial charge >= 0.3 is 0 Å². The Morgan fingerprint density at radius 2 is 2.06 bits per heavy atom. The summed E-state index contributed by atoms with van der Waals surface area (Å²) in [7, 11) is 1.72. The molecule has 0 atom stereocenters. The van der Waals surface area contributed by atoms with Crippen LogP contribution in [0.5, 0.6) is 5.75 Å². The Labute approximate surface area is 106 Å². The lowest BCUT2D eigenvalue weighted by atomic mass is 9.99. The number of aromatic nitrogens is 1. The number of methoxy groups -OCH3 is 1. The molecule has 90 valence electrons. The van der Waals surface area contributed by atoms with Crippen molar-refractivity contribution in [3.8, 4) is 17.0 Å². The molecule has 17 heavy (non-hydrogen) atoms. The third-order valence-corrected chi connectivity index (χ3v) is 3.54. The summed E-state index contributed by atoms with van der Waals surface area (Å²) in [6.45, 7) is 6.38. The third kappa shape index (κ3) is 2.50.